The van der Waals surface area contributed by atoms with E-state index in [9.17, 15) is 13.2 Å². The number of carbonyl (C=O) groups excluding carboxylic acids is 1. The first-order chi connectivity index (χ1) is 11.9. The maximum Gasteiger partial charge on any atom is 0.290 e. The minimum Gasteiger partial charge on any atom is -0.497 e. The molecule has 7 nitrogen and oxygen atoms in total. The number of sulfone groups is 1. The van der Waals surface area contributed by atoms with Gasteiger partial charge in [-0.1, -0.05) is 0 Å². The smallest absolute Gasteiger partial charge is 0.290 e. The quantitative estimate of drug-likeness (QED) is 0.854. The van der Waals surface area contributed by atoms with Crippen molar-refractivity contribution < 1.29 is 22.4 Å². The van der Waals surface area contributed by atoms with Crippen LogP contribution in [0.1, 0.15) is 16.1 Å². The van der Waals surface area contributed by atoms with Crippen molar-refractivity contribution >= 4 is 26.7 Å². The fourth-order valence-corrected chi connectivity index (χ4v) is 5.74. The number of benzene rings is 1. The number of rotatable bonds is 2. The molecular formula is C17H20N2O5S. The monoisotopic (exact) mass is 364 g/mol. The summed E-state index contributed by atoms with van der Waals surface area (Å²) in [5.41, 5.74) is 1.35. The van der Waals surface area contributed by atoms with E-state index < -0.39 is 9.84 Å². The lowest BCUT2D eigenvalue weighted by atomic mass is 10.1. The van der Waals surface area contributed by atoms with Gasteiger partial charge in [0.1, 0.15) is 11.3 Å². The van der Waals surface area contributed by atoms with Crippen LogP contribution in [0, 0.1) is 6.92 Å². The van der Waals surface area contributed by atoms with Crippen molar-refractivity contribution in [2.24, 2.45) is 0 Å². The first-order valence-electron chi connectivity index (χ1n) is 8.21. The summed E-state index contributed by atoms with van der Waals surface area (Å²) in [5, 5.41) is 4.07. The summed E-state index contributed by atoms with van der Waals surface area (Å²) in [7, 11) is -1.55. The highest BCUT2D eigenvalue weighted by atomic mass is 32.2. The number of hydrogen-bond donors (Lipinski definition) is 1. The second kappa shape index (κ2) is 5.74. The predicted molar refractivity (Wildman–Crippen MR) is 92.8 cm³/mol. The van der Waals surface area contributed by atoms with Gasteiger partial charge in [-0.15, -0.1) is 0 Å². The van der Waals surface area contributed by atoms with Gasteiger partial charge in [0.05, 0.1) is 24.7 Å². The van der Waals surface area contributed by atoms with E-state index in [1.807, 2.05) is 19.1 Å². The lowest BCUT2D eigenvalue weighted by molar-refractivity contribution is 0.0590. The van der Waals surface area contributed by atoms with Crippen molar-refractivity contribution in [1.82, 2.24) is 10.2 Å². The molecule has 2 aliphatic heterocycles. The molecule has 0 radical (unpaired) electrons. The molecule has 1 aromatic heterocycles. The average molecular weight is 364 g/mol. The molecule has 2 aliphatic rings. The molecule has 2 saturated heterocycles. The number of ether oxygens (including phenoxy) is 1. The summed E-state index contributed by atoms with van der Waals surface area (Å²) in [6.07, 6.45) is 0. The zero-order valence-corrected chi connectivity index (χ0v) is 14.9. The number of methoxy groups -OCH3 is 1. The zero-order chi connectivity index (χ0) is 17.8. The SMILES string of the molecule is COc1ccc2c(C)c(C(=O)N3CCN[C@H]4CS(=O)(=O)C[C@H]43)oc2c1. The van der Waals surface area contributed by atoms with Gasteiger partial charge in [0.25, 0.3) is 5.91 Å². The molecule has 134 valence electrons. The second-order valence-electron chi connectivity index (χ2n) is 6.62. The third-order valence-electron chi connectivity index (χ3n) is 5.08. The Morgan fingerprint density at radius 2 is 2.16 bits per heavy atom. The van der Waals surface area contributed by atoms with Gasteiger partial charge in [-0.25, -0.2) is 8.42 Å². The number of hydrogen-bond acceptors (Lipinski definition) is 6. The fraction of sp³-hybridized carbons (Fsp3) is 0.471. The van der Waals surface area contributed by atoms with Crippen LogP contribution in [-0.4, -0.2) is 63.0 Å². The number of nitrogens with one attached hydrogen (secondary N) is 1. The topological polar surface area (TPSA) is 88.9 Å². The van der Waals surface area contributed by atoms with Crippen molar-refractivity contribution in [2.45, 2.75) is 19.0 Å². The third kappa shape index (κ3) is 2.69. The Bertz CT molecular complexity index is 949. The van der Waals surface area contributed by atoms with Crippen LogP contribution in [0.25, 0.3) is 11.0 Å². The number of furan rings is 1. The van der Waals surface area contributed by atoms with E-state index in [1.54, 1.807) is 18.1 Å². The van der Waals surface area contributed by atoms with Gasteiger partial charge in [-0.05, 0) is 19.1 Å². The summed E-state index contributed by atoms with van der Waals surface area (Å²) in [4.78, 5) is 14.7. The molecule has 8 heteroatoms. The molecule has 1 amide bonds. The van der Waals surface area contributed by atoms with E-state index in [0.717, 1.165) is 10.9 Å². The van der Waals surface area contributed by atoms with Crippen LogP contribution in [0.5, 0.6) is 5.75 Å². The molecule has 2 atom stereocenters. The van der Waals surface area contributed by atoms with Gasteiger partial charge in [-0.3, -0.25) is 4.79 Å². The van der Waals surface area contributed by atoms with Crippen molar-refractivity contribution in [1.29, 1.82) is 0 Å². The van der Waals surface area contributed by atoms with E-state index >= 15 is 0 Å². The molecule has 4 rings (SSSR count). The summed E-state index contributed by atoms with van der Waals surface area (Å²) < 4.78 is 34.9. The standard InChI is InChI=1S/C17H20N2O5S/c1-10-12-4-3-11(23-2)7-15(12)24-16(10)17(20)19-6-5-18-13-8-25(21,22)9-14(13)19/h3-4,7,13-14,18H,5-6,8-9H2,1-2H3/t13-,14+/m0/s1. The maximum absolute atomic E-state index is 13.1. The fourth-order valence-electron chi connectivity index (χ4n) is 3.79. The lowest BCUT2D eigenvalue weighted by Crippen LogP contribution is -2.59. The Morgan fingerprint density at radius 1 is 1.36 bits per heavy atom. The molecule has 0 saturated carbocycles. The third-order valence-corrected chi connectivity index (χ3v) is 6.80. The lowest BCUT2D eigenvalue weighted by Gasteiger charge is -2.37. The Hall–Kier alpha value is -2.06. The molecule has 3 heterocycles. The molecular weight excluding hydrogens is 344 g/mol. The largest absolute Gasteiger partial charge is 0.497 e. The normalized spacial score (nSPS) is 25.1. The number of aryl methyl sites for hydroxylation is 1. The number of amides is 1. The highest BCUT2D eigenvalue weighted by Gasteiger charge is 2.45. The Labute approximate surface area is 145 Å². The van der Waals surface area contributed by atoms with E-state index in [4.69, 9.17) is 9.15 Å². The maximum atomic E-state index is 13.1. The van der Waals surface area contributed by atoms with Crippen LogP contribution in [0.15, 0.2) is 22.6 Å². The minimum absolute atomic E-state index is 0.00348. The van der Waals surface area contributed by atoms with Crippen LogP contribution in [0.3, 0.4) is 0 Å². The first-order valence-corrected chi connectivity index (χ1v) is 10.0. The average Bonchev–Trinajstić information content (AvgIpc) is 3.08. The number of carbonyl (C=O) groups is 1. The van der Waals surface area contributed by atoms with Gasteiger partial charge < -0.3 is 19.4 Å². The van der Waals surface area contributed by atoms with Gasteiger partial charge in [0.2, 0.25) is 0 Å². The highest BCUT2D eigenvalue weighted by molar-refractivity contribution is 7.91. The van der Waals surface area contributed by atoms with Gasteiger partial charge >= 0.3 is 0 Å². The Balaban J connectivity index is 1.71. The number of piperazine rings is 1. The number of fused-ring (bicyclic) bond motifs is 2. The van der Waals surface area contributed by atoms with Crippen molar-refractivity contribution in [3.05, 3.63) is 29.5 Å². The minimum atomic E-state index is -3.12. The van der Waals surface area contributed by atoms with Gasteiger partial charge in [0, 0.05) is 36.1 Å². The molecule has 25 heavy (non-hydrogen) atoms. The van der Waals surface area contributed by atoms with Crippen LogP contribution >= 0.6 is 0 Å². The van der Waals surface area contributed by atoms with Crippen LogP contribution in [-0.2, 0) is 9.84 Å². The Morgan fingerprint density at radius 3 is 2.92 bits per heavy atom. The summed E-state index contributed by atoms with van der Waals surface area (Å²) in [6.45, 7) is 2.89. The van der Waals surface area contributed by atoms with Crippen molar-refractivity contribution in [3.63, 3.8) is 0 Å². The van der Waals surface area contributed by atoms with E-state index in [2.05, 4.69) is 5.32 Å². The molecule has 1 aromatic carbocycles. The molecule has 0 spiro atoms. The van der Waals surface area contributed by atoms with Crippen molar-refractivity contribution in [2.75, 3.05) is 31.7 Å². The number of nitrogens with zero attached hydrogens (tertiary/aromatic N) is 1. The summed E-state index contributed by atoms with van der Waals surface area (Å²) >= 11 is 0. The zero-order valence-electron chi connectivity index (χ0n) is 14.1. The Kier molecular flexibility index (Phi) is 3.77. The molecule has 1 N–H and O–H groups in total. The van der Waals surface area contributed by atoms with Crippen molar-refractivity contribution in [3.8, 4) is 5.75 Å². The van der Waals surface area contributed by atoms with Gasteiger partial charge in [-0.2, -0.15) is 0 Å². The molecule has 2 fully saturated rings. The van der Waals surface area contributed by atoms with Crippen LogP contribution in [0.4, 0.5) is 0 Å². The molecule has 0 aliphatic carbocycles. The van der Waals surface area contributed by atoms with Gasteiger partial charge in [0.15, 0.2) is 15.6 Å². The van der Waals surface area contributed by atoms with E-state index in [-0.39, 0.29) is 35.3 Å². The van der Waals surface area contributed by atoms with E-state index in [1.165, 1.54) is 0 Å². The van der Waals surface area contributed by atoms with E-state index in [0.29, 0.717) is 24.4 Å². The highest BCUT2D eigenvalue weighted by Crippen LogP contribution is 2.31. The first kappa shape index (κ1) is 16.4. The molecule has 0 unspecified atom stereocenters. The summed E-state index contributed by atoms with van der Waals surface area (Å²) in [6, 6.07) is 4.90. The summed E-state index contributed by atoms with van der Waals surface area (Å²) in [5.74, 6) is 0.764. The molecule has 0 bridgehead atoms. The molecule has 2 aromatic rings. The van der Waals surface area contributed by atoms with Crippen LogP contribution in [0.2, 0.25) is 0 Å². The second-order valence-corrected chi connectivity index (χ2v) is 8.78. The predicted octanol–water partition coefficient (Wildman–Crippen LogP) is 0.961. The van der Waals surface area contributed by atoms with Crippen LogP contribution < -0.4 is 10.1 Å².